The Morgan fingerprint density at radius 1 is 1.30 bits per heavy atom. The smallest absolute Gasteiger partial charge is 0.126 e. The predicted molar refractivity (Wildman–Crippen MR) is 76.0 cm³/mol. The zero-order valence-electron chi connectivity index (χ0n) is 11.5. The maximum atomic E-state index is 13.8. The molecule has 0 spiro atoms. The normalized spacial score (nSPS) is 20.4. The highest BCUT2D eigenvalue weighted by Crippen LogP contribution is 2.40. The van der Waals surface area contributed by atoms with Crippen molar-refractivity contribution in [3.05, 3.63) is 65.2 Å². The van der Waals surface area contributed by atoms with Gasteiger partial charge in [0, 0.05) is 24.2 Å². The van der Waals surface area contributed by atoms with Gasteiger partial charge in [0.25, 0.3) is 0 Å². The summed E-state index contributed by atoms with van der Waals surface area (Å²) in [5.41, 5.74) is 1.74. The third-order valence-electron chi connectivity index (χ3n) is 4.22. The Morgan fingerprint density at radius 2 is 2.10 bits per heavy atom. The minimum absolute atomic E-state index is 0.0293. The highest BCUT2D eigenvalue weighted by atomic mass is 19.1. The SMILES string of the molecule is CC(O)(Cc1ccccc1F)C1CCc2cccnc21. The molecule has 2 nitrogen and oxygen atoms in total. The molecule has 1 aromatic carbocycles. The van der Waals surface area contributed by atoms with Crippen LogP contribution in [0.2, 0.25) is 0 Å². The summed E-state index contributed by atoms with van der Waals surface area (Å²) >= 11 is 0. The van der Waals surface area contributed by atoms with Crippen LogP contribution >= 0.6 is 0 Å². The van der Waals surface area contributed by atoms with Crippen LogP contribution in [-0.2, 0) is 12.8 Å². The number of aryl methyl sites for hydroxylation is 1. The monoisotopic (exact) mass is 271 g/mol. The number of hydrogen-bond donors (Lipinski definition) is 1. The van der Waals surface area contributed by atoms with E-state index in [2.05, 4.69) is 11.1 Å². The highest BCUT2D eigenvalue weighted by molar-refractivity contribution is 5.32. The van der Waals surface area contributed by atoms with Gasteiger partial charge in [-0.15, -0.1) is 0 Å². The van der Waals surface area contributed by atoms with Gasteiger partial charge in [0.2, 0.25) is 0 Å². The number of pyridine rings is 1. The summed E-state index contributed by atoms with van der Waals surface area (Å²) in [5, 5.41) is 10.8. The van der Waals surface area contributed by atoms with Gasteiger partial charge in [-0.1, -0.05) is 24.3 Å². The van der Waals surface area contributed by atoms with Gasteiger partial charge >= 0.3 is 0 Å². The third-order valence-corrected chi connectivity index (χ3v) is 4.22. The van der Waals surface area contributed by atoms with E-state index in [1.807, 2.05) is 6.07 Å². The predicted octanol–water partition coefficient (Wildman–Crippen LogP) is 3.24. The fraction of sp³-hybridized carbons (Fsp3) is 0.353. The summed E-state index contributed by atoms with van der Waals surface area (Å²) in [5.74, 6) is -0.287. The second kappa shape index (κ2) is 4.98. The van der Waals surface area contributed by atoms with E-state index in [0.717, 1.165) is 18.5 Å². The van der Waals surface area contributed by atoms with Crippen LogP contribution in [-0.4, -0.2) is 15.7 Å². The van der Waals surface area contributed by atoms with Crippen molar-refractivity contribution in [3.63, 3.8) is 0 Å². The van der Waals surface area contributed by atoms with Crippen LogP contribution in [0.25, 0.3) is 0 Å². The number of fused-ring (bicyclic) bond motifs is 1. The zero-order valence-corrected chi connectivity index (χ0v) is 11.5. The van der Waals surface area contributed by atoms with E-state index >= 15 is 0 Å². The van der Waals surface area contributed by atoms with E-state index in [9.17, 15) is 9.50 Å². The summed E-state index contributed by atoms with van der Waals surface area (Å²) in [6.07, 6.45) is 3.87. The Bertz CT molecular complexity index is 624. The molecule has 20 heavy (non-hydrogen) atoms. The van der Waals surface area contributed by atoms with Gasteiger partial charge in [-0.05, 0) is 43.0 Å². The molecule has 2 aromatic rings. The van der Waals surface area contributed by atoms with E-state index in [0.29, 0.717) is 12.0 Å². The van der Waals surface area contributed by atoms with Crippen LogP contribution < -0.4 is 0 Å². The second-order valence-electron chi connectivity index (χ2n) is 5.76. The first-order chi connectivity index (χ1) is 9.58. The van der Waals surface area contributed by atoms with Crippen molar-refractivity contribution in [2.75, 3.05) is 0 Å². The van der Waals surface area contributed by atoms with Crippen LogP contribution in [0, 0.1) is 5.82 Å². The minimum Gasteiger partial charge on any atom is -0.389 e. The molecule has 0 saturated heterocycles. The van der Waals surface area contributed by atoms with Gasteiger partial charge in [0.15, 0.2) is 0 Å². The van der Waals surface area contributed by atoms with Gasteiger partial charge in [-0.2, -0.15) is 0 Å². The topological polar surface area (TPSA) is 33.1 Å². The Labute approximate surface area is 118 Å². The van der Waals surface area contributed by atoms with Crippen molar-refractivity contribution >= 4 is 0 Å². The largest absolute Gasteiger partial charge is 0.389 e. The summed E-state index contributed by atoms with van der Waals surface area (Å²) in [6, 6.07) is 10.6. The average Bonchev–Trinajstić information content (AvgIpc) is 2.86. The molecule has 1 heterocycles. The molecule has 0 saturated carbocycles. The highest BCUT2D eigenvalue weighted by Gasteiger charge is 2.38. The second-order valence-corrected chi connectivity index (χ2v) is 5.76. The molecular weight excluding hydrogens is 253 g/mol. The van der Waals surface area contributed by atoms with Crippen LogP contribution in [0.3, 0.4) is 0 Å². The van der Waals surface area contributed by atoms with Gasteiger partial charge in [-0.25, -0.2) is 4.39 Å². The van der Waals surface area contributed by atoms with Crippen molar-refractivity contribution in [2.24, 2.45) is 0 Å². The molecule has 1 aliphatic rings. The number of hydrogen-bond acceptors (Lipinski definition) is 2. The van der Waals surface area contributed by atoms with Crippen molar-refractivity contribution in [2.45, 2.75) is 37.7 Å². The molecule has 0 radical (unpaired) electrons. The summed E-state index contributed by atoms with van der Waals surface area (Å²) < 4.78 is 13.8. The Hall–Kier alpha value is -1.74. The van der Waals surface area contributed by atoms with Gasteiger partial charge in [0.05, 0.1) is 5.60 Å². The van der Waals surface area contributed by atoms with E-state index in [1.165, 1.54) is 11.6 Å². The summed E-state index contributed by atoms with van der Waals surface area (Å²) in [7, 11) is 0. The Kier molecular flexibility index (Phi) is 3.30. The van der Waals surface area contributed by atoms with E-state index in [1.54, 1.807) is 31.3 Å². The van der Waals surface area contributed by atoms with Gasteiger partial charge < -0.3 is 5.11 Å². The minimum atomic E-state index is -0.984. The summed E-state index contributed by atoms with van der Waals surface area (Å²) in [4.78, 5) is 4.42. The van der Waals surface area contributed by atoms with Crippen LogP contribution in [0.15, 0.2) is 42.6 Å². The van der Waals surface area contributed by atoms with Gasteiger partial charge in [-0.3, -0.25) is 4.98 Å². The number of halogens is 1. The Morgan fingerprint density at radius 3 is 2.90 bits per heavy atom. The van der Waals surface area contributed by atoms with E-state index in [-0.39, 0.29) is 11.7 Å². The quantitative estimate of drug-likeness (QED) is 0.929. The molecule has 2 atom stereocenters. The molecule has 1 N–H and O–H groups in total. The van der Waals surface area contributed by atoms with Crippen LogP contribution in [0.5, 0.6) is 0 Å². The van der Waals surface area contributed by atoms with Gasteiger partial charge in [0.1, 0.15) is 5.82 Å². The molecular formula is C17H18FNO. The third kappa shape index (κ3) is 2.34. The standard InChI is InChI=1S/C17H18FNO/c1-17(20,11-13-5-2-3-7-15(13)18)14-9-8-12-6-4-10-19-16(12)14/h2-7,10,14,20H,8-9,11H2,1H3. The van der Waals surface area contributed by atoms with Crippen molar-refractivity contribution in [1.82, 2.24) is 4.98 Å². The Balaban J connectivity index is 1.88. The molecule has 0 fully saturated rings. The molecule has 0 amide bonds. The van der Waals surface area contributed by atoms with Crippen LogP contribution in [0.1, 0.15) is 36.1 Å². The first-order valence-corrected chi connectivity index (χ1v) is 6.97. The first kappa shape index (κ1) is 13.3. The molecule has 0 aliphatic heterocycles. The average molecular weight is 271 g/mol. The van der Waals surface area contributed by atoms with Crippen LogP contribution in [0.4, 0.5) is 4.39 Å². The molecule has 2 unspecified atom stereocenters. The lowest BCUT2D eigenvalue weighted by atomic mass is 9.82. The number of rotatable bonds is 3. The molecule has 1 aromatic heterocycles. The lowest BCUT2D eigenvalue weighted by Gasteiger charge is -2.30. The molecule has 3 rings (SSSR count). The van der Waals surface area contributed by atoms with Crippen molar-refractivity contribution in [3.8, 4) is 0 Å². The molecule has 1 aliphatic carbocycles. The van der Waals surface area contributed by atoms with E-state index < -0.39 is 5.60 Å². The van der Waals surface area contributed by atoms with E-state index in [4.69, 9.17) is 0 Å². The maximum absolute atomic E-state index is 13.8. The fourth-order valence-corrected chi connectivity index (χ4v) is 3.17. The number of benzene rings is 1. The lowest BCUT2D eigenvalue weighted by molar-refractivity contribution is 0.0291. The first-order valence-electron chi connectivity index (χ1n) is 6.97. The van der Waals surface area contributed by atoms with Crippen molar-refractivity contribution < 1.29 is 9.50 Å². The molecule has 104 valence electrons. The zero-order chi connectivity index (χ0) is 14.2. The summed E-state index contributed by atoms with van der Waals surface area (Å²) in [6.45, 7) is 1.79. The van der Waals surface area contributed by atoms with Crippen molar-refractivity contribution in [1.29, 1.82) is 0 Å². The molecule has 3 heteroatoms. The number of nitrogens with zero attached hydrogens (tertiary/aromatic N) is 1. The fourth-order valence-electron chi connectivity index (χ4n) is 3.17. The lowest BCUT2D eigenvalue weighted by Crippen LogP contribution is -2.35. The number of aliphatic hydroxyl groups is 1. The molecule has 0 bridgehead atoms. The maximum Gasteiger partial charge on any atom is 0.126 e. The number of aromatic nitrogens is 1.